The van der Waals surface area contributed by atoms with Crippen molar-refractivity contribution in [3.63, 3.8) is 0 Å². The number of H-pyrrole nitrogens is 1. The van der Waals surface area contributed by atoms with E-state index in [2.05, 4.69) is 15.4 Å². The molecule has 2 aromatic rings. The third-order valence-corrected chi connectivity index (χ3v) is 3.12. The van der Waals surface area contributed by atoms with Crippen molar-refractivity contribution in [3.8, 4) is 17.0 Å². The molecule has 0 unspecified atom stereocenters. The molecule has 0 aliphatic heterocycles. The van der Waals surface area contributed by atoms with Gasteiger partial charge < -0.3 is 9.84 Å². The molecular weight excluding hydrogens is 270 g/mol. The summed E-state index contributed by atoms with van der Waals surface area (Å²) in [4.78, 5) is 11.9. The molecule has 0 bridgehead atoms. The molecule has 0 saturated carbocycles. The first-order chi connectivity index (χ1) is 9.86. The Morgan fingerprint density at radius 3 is 2.67 bits per heavy atom. The molecule has 0 spiro atoms. The molecule has 0 aliphatic carbocycles. The fraction of sp³-hybridized carbons (Fsp3) is 0.400. The number of esters is 1. The third-order valence-electron chi connectivity index (χ3n) is 3.12. The van der Waals surface area contributed by atoms with Gasteiger partial charge in [-0.2, -0.15) is 10.3 Å². The summed E-state index contributed by atoms with van der Waals surface area (Å²) in [5.41, 5.74) is 1.36. The molecule has 2 rings (SSSR count). The highest BCUT2D eigenvalue weighted by Gasteiger charge is 2.25. The van der Waals surface area contributed by atoms with Crippen molar-refractivity contribution in [2.45, 2.75) is 33.1 Å². The zero-order valence-electron chi connectivity index (χ0n) is 12.6. The number of aromatic amines is 1. The summed E-state index contributed by atoms with van der Waals surface area (Å²) in [5, 5.41) is 20.7. The second kappa shape index (κ2) is 5.55. The number of phenols is 1. The standard InChI is InChI=1S/C15H19N3O3/c1-5-21-14(20)12-11(16-18-17-12)9-7-6-8-10(13(9)19)15(2,3)4/h6-8,19H,5H2,1-4H3,(H,16,17,18). The van der Waals surface area contributed by atoms with Crippen LogP contribution in [0.25, 0.3) is 11.3 Å². The van der Waals surface area contributed by atoms with E-state index in [1.54, 1.807) is 13.0 Å². The molecule has 6 nitrogen and oxygen atoms in total. The Hall–Kier alpha value is -2.37. The maximum atomic E-state index is 11.9. The number of aromatic hydroxyl groups is 1. The van der Waals surface area contributed by atoms with Crippen molar-refractivity contribution in [1.29, 1.82) is 0 Å². The predicted molar refractivity (Wildman–Crippen MR) is 78.1 cm³/mol. The topological polar surface area (TPSA) is 88.1 Å². The number of carbonyl (C=O) groups is 1. The Labute approximate surface area is 123 Å². The molecule has 1 aromatic heterocycles. The van der Waals surface area contributed by atoms with Crippen LogP contribution >= 0.6 is 0 Å². The normalized spacial score (nSPS) is 11.4. The SMILES string of the molecule is CCOC(=O)c1n[nH]nc1-c1cccc(C(C)(C)C)c1O. The number of rotatable bonds is 3. The Kier molecular flexibility index (Phi) is 3.97. The maximum absolute atomic E-state index is 11.9. The van der Waals surface area contributed by atoms with Crippen molar-refractivity contribution >= 4 is 5.97 Å². The molecule has 6 heteroatoms. The van der Waals surface area contributed by atoms with Gasteiger partial charge in [-0.15, -0.1) is 5.10 Å². The largest absolute Gasteiger partial charge is 0.507 e. The first-order valence-corrected chi connectivity index (χ1v) is 6.77. The van der Waals surface area contributed by atoms with Crippen molar-refractivity contribution < 1.29 is 14.6 Å². The third kappa shape index (κ3) is 2.89. The van der Waals surface area contributed by atoms with E-state index < -0.39 is 5.97 Å². The lowest BCUT2D eigenvalue weighted by Gasteiger charge is -2.21. The minimum Gasteiger partial charge on any atom is -0.507 e. The van der Waals surface area contributed by atoms with E-state index in [4.69, 9.17) is 4.74 Å². The number of hydrogen-bond donors (Lipinski definition) is 2. The van der Waals surface area contributed by atoms with Gasteiger partial charge in [-0.05, 0) is 24.0 Å². The lowest BCUT2D eigenvalue weighted by Crippen LogP contribution is -2.12. The van der Waals surface area contributed by atoms with Gasteiger partial charge in [-0.1, -0.05) is 32.9 Å². The Balaban J connectivity index is 2.54. The van der Waals surface area contributed by atoms with Crippen LogP contribution in [0.2, 0.25) is 0 Å². The van der Waals surface area contributed by atoms with Crippen LogP contribution in [0, 0.1) is 0 Å². The molecule has 2 N–H and O–H groups in total. The molecule has 112 valence electrons. The highest BCUT2D eigenvalue weighted by Crippen LogP contribution is 2.38. The number of para-hydroxylation sites is 1. The van der Waals surface area contributed by atoms with E-state index in [1.807, 2.05) is 32.9 Å². The van der Waals surface area contributed by atoms with Crippen LogP contribution in [0.15, 0.2) is 18.2 Å². The van der Waals surface area contributed by atoms with Gasteiger partial charge >= 0.3 is 5.97 Å². The van der Waals surface area contributed by atoms with Gasteiger partial charge in [0.25, 0.3) is 0 Å². The summed E-state index contributed by atoms with van der Waals surface area (Å²) in [5.74, 6) is -0.466. The van der Waals surface area contributed by atoms with Gasteiger partial charge in [0.2, 0.25) is 0 Å². The fourth-order valence-electron chi connectivity index (χ4n) is 2.10. The number of ether oxygens (including phenoxy) is 1. The number of carbonyl (C=O) groups excluding carboxylic acids is 1. The first kappa shape index (κ1) is 15.0. The molecule has 1 heterocycles. The quantitative estimate of drug-likeness (QED) is 0.848. The summed E-state index contributed by atoms with van der Waals surface area (Å²) in [7, 11) is 0. The van der Waals surface area contributed by atoms with Crippen molar-refractivity contribution in [3.05, 3.63) is 29.5 Å². The summed E-state index contributed by atoms with van der Waals surface area (Å²) in [6.45, 7) is 7.97. The van der Waals surface area contributed by atoms with Crippen LogP contribution in [0.3, 0.4) is 0 Å². The summed E-state index contributed by atoms with van der Waals surface area (Å²) >= 11 is 0. The van der Waals surface area contributed by atoms with E-state index >= 15 is 0 Å². The molecule has 21 heavy (non-hydrogen) atoms. The fourth-order valence-corrected chi connectivity index (χ4v) is 2.10. The van der Waals surface area contributed by atoms with Gasteiger partial charge in [0, 0.05) is 5.56 Å². The Bertz CT molecular complexity index is 656. The molecular formula is C15H19N3O3. The minimum absolute atomic E-state index is 0.0678. The highest BCUT2D eigenvalue weighted by atomic mass is 16.5. The maximum Gasteiger partial charge on any atom is 0.361 e. The second-order valence-electron chi connectivity index (χ2n) is 5.69. The van der Waals surface area contributed by atoms with Crippen LogP contribution in [0.1, 0.15) is 43.7 Å². The average Bonchev–Trinajstić information content (AvgIpc) is 2.87. The average molecular weight is 289 g/mol. The molecule has 0 saturated heterocycles. The van der Waals surface area contributed by atoms with E-state index in [1.165, 1.54) is 0 Å². The monoisotopic (exact) mass is 289 g/mol. The van der Waals surface area contributed by atoms with Gasteiger partial charge in [0.1, 0.15) is 11.4 Å². The van der Waals surface area contributed by atoms with Crippen molar-refractivity contribution in [1.82, 2.24) is 15.4 Å². The van der Waals surface area contributed by atoms with Crippen LogP contribution in [0.5, 0.6) is 5.75 Å². The van der Waals surface area contributed by atoms with E-state index in [0.717, 1.165) is 5.56 Å². The van der Waals surface area contributed by atoms with Crippen LogP contribution in [-0.4, -0.2) is 33.1 Å². The second-order valence-corrected chi connectivity index (χ2v) is 5.69. The lowest BCUT2D eigenvalue weighted by atomic mass is 9.85. The molecule has 1 aromatic carbocycles. The highest BCUT2D eigenvalue weighted by molar-refractivity contribution is 5.94. The Morgan fingerprint density at radius 1 is 1.33 bits per heavy atom. The zero-order valence-corrected chi connectivity index (χ0v) is 12.6. The summed E-state index contributed by atoms with van der Waals surface area (Å²) < 4.78 is 4.94. The summed E-state index contributed by atoms with van der Waals surface area (Å²) in [6.07, 6.45) is 0. The lowest BCUT2D eigenvalue weighted by molar-refractivity contribution is 0.0520. The van der Waals surface area contributed by atoms with Gasteiger partial charge in [0.05, 0.1) is 6.61 Å². The predicted octanol–water partition coefficient (Wildman–Crippen LogP) is 2.65. The molecule has 0 amide bonds. The van der Waals surface area contributed by atoms with E-state index in [0.29, 0.717) is 5.56 Å². The van der Waals surface area contributed by atoms with Gasteiger partial charge in [0.15, 0.2) is 5.69 Å². The zero-order chi connectivity index (χ0) is 15.6. The number of nitrogens with one attached hydrogen (secondary N) is 1. The van der Waals surface area contributed by atoms with Gasteiger partial charge in [-0.3, -0.25) is 0 Å². The number of aromatic nitrogens is 3. The number of benzene rings is 1. The number of phenolic OH excluding ortho intramolecular Hbond substituents is 1. The van der Waals surface area contributed by atoms with Crippen LogP contribution in [-0.2, 0) is 10.2 Å². The molecule has 0 atom stereocenters. The molecule has 0 aliphatic rings. The molecule has 0 fully saturated rings. The smallest absolute Gasteiger partial charge is 0.361 e. The van der Waals surface area contributed by atoms with Crippen molar-refractivity contribution in [2.24, 2.45) is 0 Å². The summed E-state index contributed by atoms with van der Waals surface area (Å²) in [6, 6.07) is 5.37. The Morgan fingerprint density at radius 2 is 2.05 bits per heavy atom. The van der Waals surface area contributed by atoms with Gasteiger partial charge in [-0.25, -0.2) is 4.79 Å². The van der Waals surface area contributed by atoms with Crippen LogP contribution in [0.4, 0.5) is 0 Å². The minimum atomic E-state index is -0.568. The molecule has 0 radical (unpaired) electrons. The van der Waals surface area contributed by atoms with Crippen molar-refractivity contribution in [2.75, 3.05) is 6.61 Å². The van der Waals surface area contributed by atoms with Crippen LogP contribution < -0.4 is 0 Å². The number of hydrogen-bond acceptors (Lipinski definition) is 5. The number of nitrogens with zero attached hydrogens (tertiary/aromatic N) is 2. The van der Waals surface area contributed by atoms with E-state index in [-0.39, 0.29) is 29.2 Å². The first-order valence-electron chi connectivity index (χ1n) is 6.77. The van der Waals surface area contributed by atoms with E-state index in [9.17, 15) is 9.90 Å².